The van der Waals surface area contributed by atoms with Crippen LogP contribution in [0.3, 0.4) is 0 Å². The third-order valence-corrected chi connectivity index (χ3v) is 2.94. The molecule has 0 aliphatic carbocycles. The normalized spacial score (nSPS) is 9.52. The minimum atomic E-state index is -0.403. The van der Waals surface area contributed by atoms with Gasteiger partial charge in [0.2, 0.25) is 5.82 Å². The molecule has 1 heterocycles. The van der Waals surface area contributed by atoms with Gasteiger partial charge in [0.15, 0.2) is 6.61 Å². The summed E-state index contributed by atoms with van der Waals surface area (Å²) in [4.78, 5) is 8.82. The molecule has 0 atom stereocenters. The van der Waals surface area contributed by atoms with Gasteiger partial charge < -0.3 is 9.36 Å². The summed E-state index contributed by atoms with van der Waals surface area (Å²) in [6.07, 6.45) is 0. The van der Waals surface area contributed by atoms with Gasteiger partial charge in [0, 0.05) is 5.56 Å². The predicted molar refractivity (Wildman–Crippen MR) is 73.2 cm³/mol. The van der Waals surface area contributed by atoms with E-state index in [2.05, 4.69) is 15.3 Å². The van der Waals surface area contributed by atoms with Crippen molar-refractivity contribution in [2.45, 2.75) is 6.61 Å². The first-order valence-electron chi connectivity index (χ1n) is 5.42. The molecule has 9 heteroatoms. The van der Waals surface area contributed by atoms with Gasteiger partial charge in [0.25, 0.3) is 11.6 Å². The second-order valence-electron chi connectivity index (χ2n) is 3.58. The fourth-order valence-electron chi connectivity index (χ4n) is 1.28. The van der Waals surface area contributed by atoms with Crippen molar-refractivity contribution < 1.29 is 9.36 Å². The third kappa shape index (κ3) is 3.69. The van der Waals surface area contributed by atoms with Gasteiger partial charge in [0.05, 0.1) is 10.0 Å². The molecule has 0 amide bonds. The molecule has 0 bridgehead atoms. The largest absolute Gasteiger partial charge is 0.384 e. The minimum absolute atomic E-state index is 0.134. The van der Waals surface area contributed by atoms with Crippen LogP contribution in [0.15, 0.2) is 27.9 Å². The zero-order chi connectivity index (χ0) is 15.2. The first-order valence-corrected chi connectivity index (χ1v) is 6.18. The number of nitriles is 2. The van der Waals surface area contributed by atoms with Crippen LogP contribution < -0.4 is 0 Å². The maximum atomic E-state index is 8.47. The van der Waals surface area contributed by atoms with Crippen LogP contribution in [0.5, 0.6) is 0 Å². The van der Waals surface area contributed by atoms with Crippen molar-refractivity contribution in [2.75, 3.05) is 0 Å². The topological polar surface area (TPSA) is 108 Å². The molecule has 1 aromatic heterocycles. The summed E-state index contributed by atoms with van der Waals surface area (Å²) in [7, 11) is 0. The van der Waals surface area contributed by atoms with Crippen LogP contribution in [0.25, 0.3) is 11.4 Å². The lowest BCUT2D eigenvalue weighted by Crippen LogP contribution is -1.93. The molecule has 1 aromatic carbocycles. The van der Waals surface area contributed by atoms with Gasteiger partial charge >= 0.3 is 0 Å². The maximum absolute atomic E-state index is 8.47. The Balaban J connectivity index is 2.08. The van der Waals surface area contributed by atoms with E-state index in [-0.39, 0.29) is 12.5 Å². The van der Waals surface area contributed by atoms with Crippen LogP contribution in [0, 0.1) is 22.7 Å². The Morgan fingerprint density at radius 2 is 2.05 bits per heavy atom. The van der Waals surface area contributed by atoms with E-state index in [0.717, 1.165) is 0 Å². The van der Waals surface area contributed by atoms with Crippen molar-refractivity contribution in [3.8, 4) is 23.5 Å². The molecule has 104 valence electrons. The molecule has 21 heavy (non-hydrogen) atoms. The molecule has 0 N–H and O–H groups in total. The average molecular weight is 322 g/mol. The number of hydrogen-bond acceptors (Lipinski definition) is 7. The Hall–Kier alpha value is -2.61. The quantitative estimate of drug-likeness (QED) is 0.632. The van der Waals surface area contributed by atoms with Crippen molar-refractivity contribution in [3.63, 3.8) is 0 Å². The number of halogens is 2. The lowest BCUT2D eigenvalue weighted by Gasteiger charge is -1.97. The average Bonchev–Trinajstić information content (AvgIpc) is 2.95. The molecule has 2 aromatic rings. The van der Waals surface area contributed by atoms with Crippen molar-refractivity contribution in [2.24, 2.45) is 5.16 Å². The van der Waals surface area contributed by atoms with Crippen molar-refractivity contribution in [3.05, 3.63) is 34.1 Å². The highest BCUT2D eigenvalue weighted by molar-refractivity contribution is 6.42. The molecule has 0 aliphatic heterocycles. The molecular weight excluding hydrogens is 317 g/mol. The number of nitrogens with zero attached hydrogens (tertiary/aromatic N) is 5. The van der Waals surface area contributed by atoms with Gasteiger partial charge in [-0.25, -0.2) is 0 Å². The summed E-state index contributed by atoms with van der Waals surface area (Å²) in [5.74, 6) is 0.437. The van der Waals surface area contributed by atoms with E-state index >= 15 is 0 Å². The molecule has 0 saturated heterocycles. The molecule has 0 spiro atoms. The Morgan fingerprint density at radius 3 is 2.71 bits per heavy atom. The van der Waals surface area contributed by atoms with E-state index in [9.17, 15) is 0 Å². The number of hydrogen-bond donors (Lipinski definition) is 0. The van der Waals surface area contributed by atoms with Gasteiger partial charge in [-0.05, 0) is 18.2 Å². The number of benzene rings is 1. The Morgan fingerprint density at radius 1 is 1.29 bits per heavy atom. The number of aromatic nitrogens is 2. The Labute approximate surface area is 128 Å². The number of oxime groups is 1. The summed E-state index contributed by atoms with van der Waals surface area (Å²) in [5.41, 5.74) is 0.219. The van der Waals surface area contributed by atoms with Crippen LogP contribution in [0.1, 0.15) is 5.89 Å². The Bertz CT molecular complexity index is 757. The summed E-state index contributed by atoms with van der Waals surface area (Å²) >= 11 is 11.7. The van der Waals surface area contributed by atoms with E-state index in [4.69, 9.17) is 43.1 Å². The van der Waals surface area contributed by atoms with E-state index in [0.29, 0.717) is 21.4 Å². The van der Waals surface area contributed by atoms with Crippen molar-refractivity contribution >= 4 is 28.9 Å². The molecule has 0 saturated carbocycles. The standard InChI is InChI=1S/C12H5Cl2N5O2/c13-9-2-1-7(3-10(9)14)12-17-11(21-19-12)6-20-18-8(4-15)5-16/h1-3H,6H2. The molecular formula is C12H5Cl2N5O2. The smallest absolute Gasteiger partial charge is 0.267 e. The summed E-state index contributed by atoms with van der Waals surface area (Å²) in [6, 6.07) is 8.00. The summed E-state index contributed by atoms with van der Waals surface area (Å²) < 4.78 is 4.94. The highest BCUT2D eigenvalue weighted by atomic mass is 35.5. The van der Waals surface area contributed by atoms with Crippen LogP contribution in [0.2, 0.25) is 10.0 Å². The fraction of sp³-hybridized carbons (Fsp3) is 0.0833. The second kappa shape index (κ2) is 6.71. The van der Waals surface area contributed by atoms with Crippen LogP contribution in [-0.2, 0) is 11.4 Å². The van der Waals surface area contributed by atoms with Gasteiger partial charge in [-0.2, -0.15) is 15.5 Å². The minimum Gasteiger partial charge on any atom is -0.384 e. The van der Waals surface area contributed by atoms with E-state index in [1.165, 1.54) is 0 Å². The van der Waals surface area contributed by atoms with Crippen molar-refractivity contribution in [1.29, 1.82) is 10.5 Å². The zero-order valence-corrected chi connectivity index (χ0v) is 11.8. The van der Waals surface area contributed by atoms with E-state index in [1.54, 1.807) is 30.3 Å². The first-order chi connectivity index (χ1) is 10.1. The van der Waals surface area contributed by atoms with Crippen LogP contribution in [-0.4, -0.2) is 15.9 Å². The van der Waals surface area contributed by atoms with Gasteiger partial charge in [-0.15, -0.1) is 0 Å². The highest BCUT2D eigenvalue weighted by Crippen LogP contribution is 2.27. The summed E-state index contributed by atoms with van der Waals surface area (Å²) in [5, 5.41) is 24.8. The van der Waals surface area contributed by atoms with Gasteiger partial charge in [-0.3, -0.25) is 0 Å². The molecule has 2 rings (SSSR count). The lowest BCUT2D eigenvalue weighted by molar-refractivity contribution is 0.106. The molecule has 0 radical (unpaired) electrons. The van der Waals surface area contributed by atoms with E-state index < -0.39 is 5.71 Å². The predicted octanol–water partition coefficient (Wildman–Crippen LogP) is 2.96. The maximum Gasteiger partial charge on any atom is 0.267 e. The SMILES string of the molecule is N#CC(C#N)=NOCc1nc(-c2ccc(Cl)c(Cl)c2)no1. The van der Waals surface area contributed by atoms with Crippen LogP contribution in [0.4, 0.5) is 0 Å². The summed E-state index contributed by atoms with van der Waals surface area (Å²) in [6.45, 7) is -0.165. The third-order valence-electron chi connectivity index (χ3n) is 2.20. The number of rotatable bonds is 4. The fourth-order valence-corrected chi connectivity index (χ4v) is 1.58. The van der Waals surface area contributed by atoms with Gasteiger partial charge in [-0.1, -0.05) is 33.5 Å². The molecule has 0 aliphatic rings. The lowest BCUT2D eigenvalue weighted by atomic mass is 10.2. The zero-order valence-electron chi connectivity index (χ0n) is 10.2. The monoisotopic (exact) mass is 321 g/mol. The van der Waals surface area contributed by atoms with E-state index in [1.807, 2.05) is 0 Å². The highest BCUT2D eigenvalue weighted by Gasteiger charge is 2.10. The molecule has 0 fully saturated rings. The molecule has 0 unspecified atom stereocenters. The van der Waals surface area contributed by atoms with Crippen LogP contribution >= 0.6 is 23.2 Å². The second-order valence-corrected chi connectivity index (χ2v) is 4.39. The van der Waals surface area contributed by atoms with Gasteiger partial charge in [0.1, 0.15) is 12.1 Å². The Kier molecular flexibility index (Phi) is 4.72. The van der Waals surface area contributed by atoms with Crippen molar-refractivity contribution in [1.82, 2.24) is 10.1 Å². The first kappa shape index (κ1) is 14.8. The molecule has 7 nitrogen and oxygen atoms in total.